The molecule has 0 radical (unpaired) electrons. The van der Waals surface area contributed by atoms with Crippen LogP contribution < -0.4 is 69.3 Å². The van der Waals surface area contributed by atoms with Crippen LogP contribution in [0.5, 0.6) is 11.5 Å². The van der Waals surface area contributed by atoms with Gasteiger partial charge in [0.1, 0.15) is 11.5 Å². The number of carbonyl (C=O) groups excluding carboxylic acids is 2. The molecule has 0 aromatic heterocycles. The molecule has 0 bridgehead atoms. The average molecular weight is 346 g/mol. The molecule has 112 valence electrons. The molecule has 10 heteroatoms. The second kappa shape index (κ2) is 9.77. The first-order valence-corrected chi connectivity index (χ1v) is 5.89. The van der Waals surface area contributed by atoms with E-state index in [1.54, 1.807) is 0 Å². The number of carboxylic acids is 2. The zero-order chi connectivity index (χ0) is 16.3. The average Bonchev–Trinajstić information content (AvgIpc) is 2.47. The molecule has 0 saturated carbocycles. The number of aromatic hydroxyl groups is 2. The number of rotatable bonds is 4. The van der Waals surface area contributed by atoms with Crippen LogP contribution in [0.15, 0.2) is 46.6 Å². The predicted octanol–water partition coefficient (Wildman–Crippen LogP) is -5.75. The molecule has 2 N–H and O–H groups in total. The number of azo groups is 1. The van der Waals surface area contributed by atoms with Crippen molar-refractivity contribution < 1.29 is 89.1 Å². The summed E-state index contributed by atoms with van der Waals surface area (Å²) in [5.41, 5.74) is -0.671. The molecule has 2 aromatic carbocycles. The number of hydrogen-bond donors (Lipinski definition) is 2. The van der Waals surface area contributed by atoms with E-state index in [-0.39, 0.29) is 70.5 Å². The van der Waals surface area contributed by atoms with Crippen LogP contribution >= 0.6 is 0 Å². The number of benzene rings is 2. The van der Waals surface area contributed by atoms with Crippen molar-refractivity contribution >= 4 is 23.3 Å². The van der Waals surface area contributed by atoms with Crippen molar-refractivity contribution in [3.63, 3.8) is 0 Å². The Morgan fingerprint density at radius 3 is 1.38 bits per heavy atom. The molecule has 0 aliphatic heterocycles. The molecule has 0 heterocycles. The molecule has 0 fully saturated rings. The van der Waals surface area contributed by atoms with E-state index >= 15 is 0 Å². The summed E-state index contributed by atoms with van der Waals surface area (Å²) in [6.07, 6.45) is 0. The largest absolute Gasteiger partial charge is 1.00 e. The fraction of sp³-hybridized carbons (Fsp3) is 0. The molecular formula is C14H8N2Na2O6. The van der Waals surface area contributed by atoms with Gasteiger partial charge in [0.15, 0.2) is 0 Å². The topological polar surface area (TPSA) is 145 Å². The molecule has 0 aliphatic rings. The number of phenols is 2. The van der Waals surface area contributed by atoms with Gasteiger partial charge < -0.3 is 30.0 Å². The van der Waals surface area contributed by atoms with Crippen molar-refractivity contribution in [2.24, 2.45) is 10.2 Å². The van der Waals surface area contributed by atoms with Crippen molar-refractivity contribution in [2.45, 2.75) is 0 Å². The van der Waals surface area contributed by atoms with Gasteiger partial charge in [-0.15, -0.1) is 0 Å². The zero-order valence-corrected chi connectivity index (χ0v) is 16.9. The second-order valence-electron chi connectivity index (χ2n) is 4.18. The van der Waals surface area contributed by atoms with Gasteiger partial charge in [-0.25, -0.2) is 0 Å². The van der Waals surface area contributed by atoms with Crippen molar-refractivity contribution in [3.8, 4) is 11.5 Å². The van der Waals surface area contributed by atoms with Crippen LogP contribution in [0.25, 0.3) is 0 Å². The van der Waals surface area contributed by atoms with Crippen LogP contribution in [0.3, 0.4) is 0 Å². The van der Waals surface area contributed by atoms with Crippen molar-refractivity contribution in [1.82, 2.24) is 0 Å². The third-order valence-corrected chi connectivity index (χ3v) is 2.68. The van der Waals surface area contributed by atoms with Crippen molar-refractivity contribution in [3.05, 3.63) is 47.5 Å². The molecule has 8 nitrogen and oxygen atoms in total. The normalized spacial score (nSPS) is 9.83. The quantitative estimate of drug-likeness (QED) is 0.417. The Morgan fingerprint density at radius 2 is 1.08 bits per heavy atom. The van der Waals surface area contributed by atoms with Crippen LogP contribution in [0.2, 0.25) is 0 Å². The number of hydrogen-bond acceptors (Lipinski definition) is 8. The first-order chi connectivity index (χ1) is 10.4. The predicted molar refractivity (Wildman–Crippen MR) is 69.1 cm³/mol. The van der Waals surface area contributed by atoms with Crippen molar-refractivity contribution in [1.29, 1.82) is 0 Å². The van der Waals surface area contributed by atoms with Gasteiger partial charge in [0.05, 0.1) is 23.3 Å². The molecule has 0 unspecified atom stereocenters. The maximum absolute atomic E-state index is 10.8. The summed E-state index contributed by atoms with van der Waals surface area (Å²) in [5, 5.41) is 47.6. The molecule has 0 spiro atoms. The van der Waals surface area contributed by atoms with E-state index in [9.17, 15) is 30.0 Å². The van der Waals surface area contributed by atoms with Gasteiger partial charge in [0, 0.05) is 11.1 Å². The number of nitrogens with zero attached hydrogens (tertiary/aromatic N) is 2. The molecule has 24 heavy (non-hydrogen) atoms. The number of carboxylic acid groups (broad SMARTS) is 2. The summed E-state index contributed by atoms with van der Waals surface area (Å²) in [5.74, 6) is -4.08. The van der Waals surface area contributed by atoms with E-state index in [0.29, 0.717) is 0 Å². The molecule has 2 aromatic rings. The summed E-state index contributed by atoms with van der Waals surface area (Å²) in [6.45, 7) is 0. The molecular weight excluding hydrogens is 338 g/mol. The molecule has 0 saturated heterocycles. The Hall–Kier alpha value is -1.42. The second-order valence-corrected chi connectivity index (χ2v) is 4.18. The fourth-order valence-corrected chi connectivity index (χ4v) is 1.61. The Bertz CT molecular complexity index is 729. The SMILES string of the molecule is O=C([O-])c1cc(N=Nc2ccc(O)c(C(=O)[O-])c2)ccc1O.[Na+].[Na+]. The van der Waals surface area contributed by atoms with Crippen LogP contribution in [0.4, 0.5) is 11.4 Å². The van der Waals surface area contributed by atoms with E-state index in [1.807, 2.05) is 0 Å². The third-order valence-electron chi connectivity index (χ3n) is 2.68. The van der Waals surface area contributed by atoms with Gasteiger partial charge in [-0.3, -0.25) is 0 Å². The first kappa shape index (κ1) is 22.6. The molecule has 2 rings (SSSR count). The third kappa shape index (κ3) is 5.59. The van der Waals surface area contributed by atoms with E-state index in [4.69, 9.17) is 0 Å². The zero-order valence-electron chi connectivity index (χ0n) is 12.9. The van der Waals surface area contributed by atoms with Gasteiger partial charge in [-0.1, -0.05) is 0 Å². The standard InChI is InChI=1S/C14H10N2O6.2Na/c17-11-3-1-7(5-9(11)13(19)20)15-16-8-2-4-12(18)10(6-8)14(21)22;;/h1-6,17-18H,(H,19,20)(H,21,22);;/q;2*+1/p-2. The summed E-state index contributed by atoms with van der Waals surface area (Å²) in [4.78, 5) is 21.5. The summed E-state index contributed by atoms with van der Waals surface area (Å²) in [7, 11) is 0. The Labute approximate surface area is 180 Å². The van der Waals surface area contributed by atoms with Crippen LogP contribution in [-0.2, 0) is 0 Å². The minimum Gasteiger partial charge on any atom is -0.545 e. The Kier molecular flexibility index (Phi) is 9.20. The van der Waals surface area contributed by atoms with Crippen LogP contribution in [-0.4, -0.2) is 22.2 Å². The van der Waals surface area contributed by atoms with Crippen LogP contribution in [0.1, 0.15) is 20.7 Å². The van der Waals surface area contributed by atoms with Crippen molar-refractivity contribution in [2.75, 3.05) is 0 Å². The number of carbonyl (C=O) groups is 2. The van der Waals surface area contributed by atoms with Crippen LogP contribution in [0, 0.1) is 0 Å². The van der Waals surface area contributed by atoms with Gasteiger partial charge in [0.25, 0.3) is 0 Å². The molecule has 0 atom stereocenters. The Morgan fingerprint density at radius 1 is 0.750 bits per heavy atom. The van der Waals surface area contributed by atoms with E-state index < -0.39 is 34.6 Å². The molecule has 0 aliphatic carbocycles. The summed E-state index contributed by atoms with van der Waals surface area (Å²) in [6, 6.07) is 6.95. The van der Waals surface area contributed by atoms with E-state index in [2.05, 4.69) is 10.2 Å². The fourth-order valence-electron chi connectivity index (χ4n) is 1.61. The smallest absolute Gasteiger partial charge is 0.545 e. The van der Waals surface area contributed by atoms with Gasteiger partial charge in [-0.05, 0) is 36.4 Å². The minimum absolute atomic E-state index is 0. The minimum atomic E-state index is -1.57. The van der Waals surface area contributed by atoms with Gasteiger partial charge in [-0.2, -0.15) is 10.2 Å². The number of aromatic carboxylic acids is 2. The van der Waals surface area contributed by atoms with E-state index in [1.165, 1.54) is 12.1 Å². The summed E-state index contributed by atoms with van der Waals surface area (Å²) >= 11 is 0. The molecule has 0 amide bonds. The van der Waals surface area contributed by atoms with Gasteiger partial charge in [0.2, 0.25) is 0 Å². The maximum Gasteiger partial charge on any atom is 1.00 e. The van der Waals surface area contributed by atoms with Gasteiger partial charge >= 0.3 is 59.1 Å². The maximum atomic E-state index is 10.8. The van der Waals surface area contributed by atoms with E-state index in [0.717, 1.165) is 24.3 Å². The Balaban J connectivity index is 0.00000264. The first-order valence-electron chi connectivity index (χ1n) is 5.89. The monoisotopic (exact) mass is 346 g/mol. The summed E-state index contributed by atoms with van der Waals surface area (Å²) < 4.78 is 0.